The fourth-order valence-electron chi connectivity index (χ4n) is 2.58. The number of nitrogens with two attached hydrogens (primary N) is 1. The van der Waals surface area contributed by atoms with Crippen LogP contribution in [-0.2, 0) is 6.61 Å². The first-order valence-corrected chi connectivity index (χ1v) is 8.10. The number of carbonyl (C=O) groups excluding carboxylic acids is 1. The van der Waals surface area contributed by atoms with Gasteiger partial charge in [0, 0.05) is 28.1 Å². The van der Waals surface area contributed by atoms with Crippen molar-refractivity contribution in [1.29, 1.82) is 0 Å². The third-order valence-electron chi connectivity index (χ3n) is 3.95. The van der Waals surface area contributed by atoms with Crippen molar-refractivity contribution in [2.24, 2.45) is 5.73 Å². The Hall–Kier alpha value is -2.99. The third kappa shape index (κ3) is 3.50. The van der Waals surface area contributed by atoms with Crippen LogP contribution in [0, 0.1) is 6.92 Å². The second-order valence-corrected chi connectivity index (χ2v) is 6.11. The minimum atomic E-state index is -0.626. The van der Waals surface area contributed by atoms with Gasteiger partial charge >= 0.3 is 5.63 Å². The SMILES string of the molecule is COc1ccc(C(N)=O)c(OCc2cc(=O)oc3cc(C)c(Cl)cc23)c1. The summed E-state index contributed by atoms with van der Waals surface area (Å²) in [5.41, 5.74) is 6.89. The van der Waals surface area contributed by atoms with Crippen LogP contribution in [0.2, 0.25) is 5.02 Å². The number of carbonyl (C=O) groups is 1. The molecule has 6 nitrogen and oxygen atoms in total. The molecule has 0 unspecified atom stereocenters. The molecular formula is C19H16ClNO5. The molecule has 0 spiro atoms. The van der Waals surface area contributed by atoms with E-state index in [2.05, 4.69) is 0 Å². The van der Waals surface area contributed by atoms with Crippen molar-refractivity contribution < 1.29 is 18.7 Å². The fraction of sp³-hybridized carbons (Fsp3) is 0.158. The van der Waals surface area contributed by atoms with E-state index in [4.69, 9.17) is 31.2 Å². The van der Waals surface area contributed by atoms with Gasteiger partial charge in [0.05, 0.1) is 12.7 Å². The number of rotatable bonds is 5. The Morgan fingerprint density at radius 1 is 1.23 bits per heavy atom. The van der Waals surface area contributed by atoms with Crippen molar-refractivity contribution in [2.75, 3.05) is 7.11 Å². The fourth-order valence-corrected chi connectivity index (χ4v) is 2.74. The lowest BCUT2D eigenvalue weighted by molar-refractivity contribution is 0.0996. The quantitative estimate of drug-likeness (QED) is 0.691. The van der Waals surface area contributed by atoms with Gasteiger partial charge in [-0.1, -0.05) is 11.6 Å². The molecule has 1 aromatic heterocycles. The van der Waals surface area contributed by atoms with Crippen LogP contribution in [0.25, 0.3) is 11.0 Å². The highest BCUT2D eigenvalue weighted by Crippen LogP contribution is 2.28. The molecule has 0 aliphatic heterocycles. The van der Waals surface area contributed by atoms with E-state index >= 15 is 0 Å². The Morgan fingerprint density at radius 3 is 2.69 bits per heavy atom. The smallest absolute Gasteiger partial charge is 0.336 e. The van der Waals surface area contributed by atoms with E-state index in [9.17, 15) is 9.59 Å². The normalized spacial score (nSPS) is 10.7. The molecule has 3 rings (SSSR count). The topological polar surface area (TPSA) is 91.8 Å². The zero-order valence-corrected chi connectivity index (χ0v) is 14.9. The van der Waals surface area contributed by atoms with Gasteiger partial charge in [-0.25, -0.2) is 4.79 Å². The third-order valence-corrected chi connectivity index (χ3v) is 4.35. The molecule has 1 amide bonds. The van der Waals surface area contributed by atoms with Crippen LogP contribution in [0.4, 0.5) is 0 Å². The molecule has 0 saturated heterocycles. The van der Waals surface area contributed by atoms with E-state index in [1.807, 2.05) is 6.92 Å². The zero-order chi connectivity index (χ0) is 18.8. The van der Waals surface area contributed by atoms with E-state index in [-0.39, 0.29) is 17.9 Å². The van der Waals surface area contributed by atoms with Crippen LogP contribution in [0.3, 0.4) is 0 Å². The van der Waals surface area contributed by atoms with Gasteiger partial charge in [0.25, 0.3) is 5.91 Å². The highest BCUT2D eigenvalue weighted by molar-refractivity contribution is 6.32. The van der Waals surface area contributed by atoms with Crippen molar-refractivity contribution in [3.05, 3.63) is 68.5 Å². The largest absolute Gasteiger partial charge is 0.497 e. The van der Waals surface area contributed by atoms with Crippen LogP contribution >= 0.6 is 11.6 Å². The van der Waals surface area contributed by atoms with Gasteiger partial charge in [0.15, 0.2) is 0 Å². The summed E-state index contributed by atoms with van der Waals surface area (Å²) in [5.74, 6) is 0.149. The van der Waals surface area contributed by atoms with Crippen LogP contribution in [0.15, 0.2) is 45.6 Å². The lowest BCUT2D eigenvalue weighted by Crippen LogP contribution is -2.13. The Kier molecular flexibility index (Phi) is 4.86. The molecule has 134 valence electrons. The Morgan fingerprint density at radius 2 is 2.00 bits per heavy atom. The van der Waals surface area contributed by atoms with Gasteiger partial charge in [-0.15, -0.1) is 0 Å². The molecule has 0 saturated carbocycles. The van der Waals surface area contributed by atoms with Gasteiger partial charge < -0.3 is 19.6 Å². The van der Waals surface area contributed by atoms with Crippen molar-refractivity contribution in [1.82, 2.24) is 0 Å². The summed E-state index contributed by atoms with van der Waals surface area (Å²) >= 11 is 6.18. The number of benzene rings is 2. The summed E-state index contributed by atoms with van der Waals surface area (Å²) in [4.78, 5) is 23.4. The summed E-state index contributed by atoms with van der Waals surface area (Å²) in [6.07, 6.45) is 0. The summed E-state index contributed by atoms with van der Waals surface area (Å²) in [6, 6.07) is 9.44. The molecule has 2 aromatic carbocycles. The van der Waals surface area contributed by atoms with Gasteiger partial charge in [0.2, 0.25) is 0 Å². The Bertz CT molecular complexity index is 1060. The number of methoxy groups -OCH3 is 1. The number of halogens is 1. The maximum absolute atomic E-state index is 11.8. The predicted octanol–water partition coefficient (Wildman–Crippen LogP) is 3.44. The molecule has 0 bridgehead atoms. The highest BCUT2D eigenvalue weighted by Gasteiger charge is 2.13. The molecule has 26 heavy (non-hydrogen) atoms. The lowest BCUT2D eigenvalue weighted by atomic mass is 10.1. The van der Waals surface area contributed by atoms with E-state index in [0.717, 1.165) is 5.56 Å². The summed E-state index contributed by atoms with van der Waals surface area (Å²) in [7, 11) is 1.50. The molecular weight excluding hydrogens is 358 g/mol. The zero-order valence-electron chi connectivity index (χ0n) is 14.2. The number of hydrogen-bond acceptors (Lipinski definition) is 5. The standard InChI is InChI=1S/C19H16ClNO5/c1-10-5-17-14(8-15(10)20)11(6-18(22)26-17)9-25-16-7-12(24-2)3-4-13(16)19(21)23/h3-8H,9H2,1-2H3,(H2,21,23). The van der Waals surface area contributed by atoms with Crippen LogP contribution in [0.1, 0.15) is 21.5 Å². The number of hydrogen-bond donors (Lipinski definition) is 1. The monoisotopic (exact) mass is 373 g/mol. The Labute approximate surface area is 154 Å². The van der Waals surface area contributed by atoms with Crippen molar-refractivity contribution >= 4 is 28.5 Å². The molecule has 0 aliphatic carbocycles. The summed E-state index contributed by atoms with van der Waals surface area (Å²) in [5, 5.41) is 1.20. The van der Waals surface area contributed by atoms with Crippen molar-refractivity contribution in [3.63, 3.8) is 0 Å². The lowest BCUT2D eigenvalue weighted by Gasteiger charge is -2.12. The van der Waals surface area contributed by atoms with Crippen LogP contribution in [-0.4, -0.2) is 13.0 Å². The molecule has 0 atom stereocenters. The predicted molar refractivity (Wildman–Crippen MR) is 98.1 cm³/mol. The molecule has 1 heterocycles. The van der Waals surface area contributed by atoms with Crippen LogP contribution in [0.5, 0.6) is 11.5 Å². The maximum Gasteiger partial charge on any atom is 0.336 e. The van der Waals surface area contributed by atoms with Gasteiger partial charge in [0.1, 0.15) is 23.7 Å². The second-order valence-electron chi connectivity index (χ2n) is 5.70. The summed E-state index contributed by atoms with van der Waals surface area (Å²) in [6.45, 7) is 1.84. The number of fused-ring (bicyclic) bond motifs is 1. The molecule has 0 radical (unpaired) electrons. The van der Waals surface area contributed by atoms with E-state index in [1.165, 1.54) is 19.2 Å². The highest BCUT2D eigenvalue weighted by atomic mass is 35.5. The van der Waals surface area contributed by atoms with E-state index < -0.39 is 11.5 Å². The molecule has 0 aliphatic rings. The van der Waals surface area contributed by atoms with Gasteiger partial charge in [-0.2, -0.15) is 0 Å². The minimum absolute atomic E-state index is 0.0228. The van der Waals surface area contributed by atoms with Crippen molar-refractivity contribution in [2.45, 2.75) is 13.5 Å². The van der Waals surface area contributed by atoms with Crippen molar-refractivity contribution in [3.8, 4) is 11.5 Å². The minimum Gasteiger partial charge on any atom is -0.497 e. The molecule has 3 aromatic rings. The van der Waals surface area contributed by atoms with Gasteiger partial charge in [-0.05, 0) is 36.8 Å². The Balaban J connectivity index is 2.01. The van der Waals surface area contributed by atoms with Crippen LogP contribution < -0.4 is 20.8 Å². The average Bonchev–Trinajstić information content (AvgIpc) is 2.60. The molecule has 0 fully saturated rings. The molecule has 2 N–H and O–H groups in total. The van der Waals surface area contributed by atoms with E-state index in [1.54, 1.807) is 24.3 Å². The first-order chi connectivity index (χ1) is 12.4. The molecule has 7 heteroatoms. The number of aryl methyl sites for hydroxylation is 1. The van der Waals surface area contributed by atoms with E-state index in [0.29, 0.717) is 27.3 Å². The first kappa shape index (κ1) is 17.8. The maximum atomic E-state index is 11.8. The number of ether oxygens (including phenoxy) is 2. The van der Waals surface area contributed by atoms with Gasteiger partial charge in [-0.3, -0.25) is 4.79 Å². The first-order valence-electron chi connectivity index (χ1n) is 7.72. The number of primary amides is 1. The number of amides is 1. The second kappa shape index (κ2) is 7.09. The average molecular weight is 374 g/mol. The summed E-state index contributed by atoms with van der Waals surface area (Å²) < 4.78 is 16.1.